The van der Waals surface area contributed by atoms with Crippen molar-refractivity contribution in [3.8, 4) is 24.7 Å². The zero-order valence-corrected chi connectivity index (χ0v) is 8.73. The second-order valence-electron chi connectivity index (χ2n) is 3.45. The number of carbonyl (C=O) groups is 1. The minimum absolute atomic E-state index is 0.0681. The van der Waals surface area contributed by atoms with Crippen LogP contribution in [-0.2, 0) is 4.79 Å². The lowest BCUT2D eigenvalue weighted by molar-refractivity contribution is -0.144. The zero-order chi connectivity index (χ0) is 11.9. The topological polar surface area (TPSA) is 60.8 Å². The van der Waals surface area contributed by atoms with Gasteiger partial charge in [-0.25, -0.2) is 0 Å². The Morgan fingerprint density at radius 2 is 1.67 bits per heavy atom. The number of rotatable bonds is 5. The molecule has 2 N–H and O–H groups in total. The van der Waals surface area contributed by atoms with Crippen LogP contribution in [0.15, 0.2) is 0 Å². The summed E-state index contributed by atoms with van der Waals surface area (Å²) in [5.74, 6) is 4.16. The van der Waals surface area contributed by atoms with Gasteiger partial charge in [-0.05, 0) is 6.92 Å². The van der Waals surface area contributed by atoms with Crippen molar-refractivity contribution < 1.29 is 15.0 Å². The van der Waals surface area contributed by atoms with Crippen LogP contribution in [0.2, 0.25) is 0 Å². The van der Waals surface area contributed by atoms with Crippen molar-refractivity contribution in [2.45, 2.75) is 6.92 Å². The fourth-order valence-corrected chi connectivity index (χ4v) is 0.987. The molecule has 0 spiro atoms. The third-order valence-corrected chi connectivity index (χ3v) is 2.07. The summed E-state index contributed by atoms with van der Waals surface area (Å²) in [7, 11) is 0. The normalized spacial score (nSPS) is 10.2. The minimum atomic E-state index is -1.23. The molecule has 0 aliphatic carbocycles. The predicted molar refractivity (Wildman–Crippen MR) is 56.5 cm³/mol. The van der Waals surface area contributed by atoms with E-state index in [9.17, 15) is 4.79 Å². The number of aliphatic hydroxyl groups excluding tert-OH is 2. The molecule has 0 aromatic heterocycles. The Hall–Kier alpha value is -1.49. The van der Waals surface area contributed by atoms with Crippen LogP contribution < -0.4 is 0 Å². The van der Waals surface area contributed by atoms with Crippen molar-refractivity contribution in [1.29, 1.82) is 0 Å². The molecule has 0 aliphatic heterocycles. The van der Waals surface area contributed by atoms with E-state index in [2.05, 4.69) is 11.8 Å². The van der Waals surface area contributed by atoms with Crippen molar-refractivity contribution in [2.75, 3.05) is 26.3 Å². The first-order valence-electron chi connectivity index (χ1n) is 4.43. The minimum Gasteiger partial charge on any atom is -0.395 e. The van der Waals surface area contributed by atoms with Gasteiger partial charge in [-0.1, -0.05) is 11.8 Å². The van der Waals surface area contributed by atoms with Gasteiger partial charge in [-0.15, -0.1) is 12.8 Å². The molecule has 0 saturated carbocycles. The SMILES string of the molecule is C#CCN(CC#C)C(=O)C(C)(CO)CO. The second kappa shape index (κ2) is 6.08. The first kappa shape index (κ1) is 13.5. The van der Waals surface area contributed by atoms with E-state index >= 15 is 0 Å². The molecule has 0 radical (unpaired) electrons. The third kappa shape index (κ3) is 3.28. The molecule has 0 heterocycles. The van der Waals surface area contributed by atoms with Gasteiger partial charge in [0.05, 0.1) is 31.7 Å². The monoisotopic (exact) mass is 209 g/mol. The molecule has 0 fully saturated rings. The second-order valence-corrected chi connectivity index (χ2v) is 3.45. The predicted octanol–water partition coefficient (Wildman–Crippen LogP) is -0.928. The van der Waals surface area contributed by atoms with E-state index in [1.807, 2.05) is 0 Å². The molecule has 4 nitrogen and oxygen atoms in total. The number of terminal acetylenes is 2. The van der Waals surface area contributed by atoms with Crippen molar-refractivity contribution >= 4 is 5.91 Å². The van der Waals surface area contributed by atoms with E-state index < -0.39 is 24.5 Å². The van der Waals surface area contributed by atoms with Crippen LogP contribution >= 0.6 is 0 Å². The quantitative estimate of drug-likeness (QED) is 0.575. The van der Waals surface area contributed by atoms with Crippen LogP contribution in [0.1, 0.15) is 6.92 Å². The molecule has 0 aromatic rings. The van der Waals surface area contributed by atoms with Crippen LogP contribution in [0.3, 0.4) is 0 Å². The van der Waals surface area contributed by atoms with Gasteiger partial charge in [0.2, 0.25) is 5.91 Å². The summed E-state index contributed by atoms with van der Waals surface area (Å²) in [5.41, 5.74) is -1.23. The first-order valence-corrected chi connectivity index (χ1v) is 4.43. The van der Waals surface area contributed by atoms with Crippen LogP contribution in [0, 0.1) is 30.1 Å². The summed E-state index contributed by atoms with van der Waals surface area (Å²) in [6, 6.07) is 0. The van der Waals surface area contributed by atoms with Gasteiger partial charge in [0.15, 0.2) is 0 Å². The maximum absolute atomic E-state index is 11.8. The highest BCUT2D eigenvalue weighted by Crippen LogP contribution is 2.17. The maximum Gasteiger partial charge on any atom is 0.234 e. The Balaban J connectivity index is 4.78. The van der Waals surface area contributed by atoms with Gasteiger partial charge in [-0.2, -0.15) is 0 Å². The standard InChI is InChI=1S/C11H15NO3/c1-4-6-12(7-5-2)10(15)11(3,8-13)9-14/h1-2,13-14H,6-9H2,3H3. The van der Waals surface area contributed by atoms with E-state index in [0.29, 0.717) is 0 Å². The molecule has 0 aliphatic rings. The van der Waals surface area contributed by atoms with E-state index in [1.165, 1.54) is 11.8 Å². The molecule has 82 valence electrons. The summed E-state index contributed by atoms with van der Waals surface area (Å²) in [5, 5.41) is 18.1. The number of aliphatic hydroxyl groups is 2. The van der Waals surface area contributed by atoms with Gasteiger partial charge in [0.25, 0.3) is 0 Å². The molecule has 0 saturated heterocycles. The molecule has 1 amide bonds. The van der Waals surface area contributed by atoms with Crippen LogP contribution in [0.25, 0.3) is 0 Å². The maximum atomic E-state index is 11.8. The largest absolute Gasteiger partial charge is 0.395 e. The summed E-state index contributed by atoms with van der Waals surface area (Å²) >= 11 is 0. The van der Waals surface area contributed by atoms with E-state index in [4.69, 9.17) is 23.1 Å². The molecule has 0 aromatic carbocycles. The molecule has 0 atom stereocenters. The molecule has 0 bridgehead atoms. The fraction of sp³-hybridized carbons (Fsp3) is 0.545. The van der Waals surface area contributed by atoms with Gasteiger partial charge < -0.3 is 15.1 Å². The Labute approximate surface area is 89.9 Å². The lowest BCUT2D eigenvalue weighted by Crippen LogP contribution is -2.47. The van der Waals surface area contributed by atoms with Gasteiger partial charge >= 0.3 is 0 Å². The van der Waals surface area contributed by atoms with Crippen molar-refractivity contribution in [3.05, 3.63) is 0 Å². The lowest BCUT2D eigenvalue weighted by atomic mass is 9.91. The van der Waals surface area contributed by atoms with Crippen molar-refractivity contribution in [2.24, 2.45) is 5.41 Å². The van der Waals surface area contributed by atoms with Crippen molar-refractivity contribution in [1.82, 2.24) is 4.90 Å². The molecular weight excluding hydrogens is 194 g/mol. The Bertz CT molecular complexity index is 278. The van der Waals surface area contributed by atoms with E-state index in [-0.39, 0.29) is 13.1 Å². The summed E-state index contributed by atoms with van der Waals surface area (Å²) < 4.78 is 0. The molecule has 0 rings (SSSR count). The zero-order valence-electron chi connectivity index (χ0n) is 8.73. The highest BCUT2D eigenvalue weighted by atomic mass is 16.3. The molecule has 0 unspecified atom stereocenters. The van der Waals surface area contributed by atoms with Crippen LogP contribution in [0.4, 0.5) is 0 Å². The number of nitrogens with zero attached hydrogens (tertiary/aromatic N) is 1. The average Bonchev–Trinajstić information content (AvgIpc) is 2.26. The highest BCUT2D eigenvalue weighted by molar-refractivity contribution is 5.83. The number of amides is 1. The Kier molecular flexibility index (Phi) is 5.48. The van der Waals surface area contributed by atoms with Gasteiger partial charge in [0.1, 0.15) is 0 Å². The van der Waals surface area contributed by atoms with Crippen molar-refractivity contribution in [3.63, 3.8) is 0 Å². The third-order valence-electron chi connectivity index (χ3n) is 2.07. The number of carbonyl (C=O) groups excluding carboxylic acids is 1. The fourth-order valence-electron chi connectivity index (χ4n) is 0.987. The average molecular weight is 209 g/mol. The van der Waals surface area contributed by atoms with Gasteiger partial charge in [0, 0.05) is 0 Å². The van der Waals surface area contributed by atoms with Gasteiger partial charge in [-0.3, -0.25) is 4.79 Å². The smallest absolute Gasteiger partial charge is 0.234 e. The Morgan fingerprint density at radius 1 is 1.27 bits per heavy atom. The molecule has 4 heteroatoms. The van der Waals surface area contributed by atoms with Crippen LogP contribution in [0.5, 0.6) is 0 Å². The summed E-state index contributed by atoms with van der Waals surface area (Å²) in [6.45, 7) is 0.689. The highest BCUT2D eigenvalue weighted by Gasteiger charge is 2.35. The van der Waals surface area contributed by atoms with E-state index in [1.54, 1.807) is 0 Å². The first-order chi connectivity index (χ1) is 7.05. The van der Waals surface area contributed by atoms with E-state index in [0.717, 1.165) is 0 Å². The number of hydrogen-bond donors (Lipinski definition) is 2. The summed E-state index contributed by atoms with van der Waals surface area (Å²) in [6.07, 6.45) is 10.2. The molecule has 15 heavy (non-hydrogen) atoms. The Morgan fingerprint density at radius 3 is 1.93 bits per heavy atom. The summed E-state index contributed by atoms with van der Waals surface area (Å²) in [4.78, 5) is 13.1. The molecular formula is C11H15NO3. The number of hydrogen-bond acceptors (Lipinski definition) is 3. The van der Waals surface area contributed by atoms with Crippen LogP contribution in [-0.4, -0.2) is 47.3 Å². The lowest BCUT2D eigenvalue weighted by Gasteiger charge is -2.29.